The summed E-state index contributed by atoms with van der Waals surface area (Å²) in [5, 5.41) is 10.6. The van der Waals surface area contributed by atoms with Crippen molar-refractivity contribution in [1.29, 1.82) is 0 Å². The molecule has 1 aliphatic heterocycles. The molecule has 6 heteroatoms. The molecule has 0 aliphatic carbocycles. The second-order valence-electron chi connectivity index (χ2n) is 5.20. The number of quaternary nitrogens is 1. The van der Waals surface area contributed by atoms with Crippen LogP contribution in [-0.4, -0.2) is 55.4 Å². The van der Waals surface area contributed by atoms with Gasteiger partial charge in [-0.2, -0.15) is 0 Å². The van der Waals surface area contributed by atoms with Gasteiger partial charge < -0.3 is 14.0 Å². The third kappa shape index (κ3) is 4.27. The van der Waals surface area contributed by atoms with Crippen molar-refractivity contribution >= 4 is 5.69 Å². The number of benzene rings is 1. The van der Waals surface area contributed by atoms with E-state index in [4.69, 9.17) is 9.47 Å². The molecule has 1 aromatic rings. The molecule has 0 bridgehead atoms. The maximum Gasteiger partial charge on any atom is 0.269 e. The normalized spacial score (nSPS) is 17.1. The zero-order valence-electron chi connectivity index (χ0n) is 12.1. The quantitative estimate of drug-likeness (QED) is 0.334. The molecule has 0 spiro atoms. The van der Waals surface area contributed by atoms with Crippen molar-refractivity contribution in [2.45, 2.75) is 0 Å². The van der Waals surface area contributed by atoms with Gasteiger partial charge in [-0.1, -0.05) is 6.58 Å². The number of nitrogens with zero attached hydrogens (tertiary/aromatic N) is 2. The lowest BCUT2D eigenvalue weighted by Gasteiger charge is -2.40. The number of nitro benzene ring substituents is 1. The first-order valence-electron chi connectivity index (χ1n) is 7.06. The molecule has 114 valence electrons. The van der Waals surface area contributed by atoms with Crippen LogP contribution in [0.2, 0.25) is 0 Å². The van der Waals surface area contributed by atoms with Gasteiger partial charge >= 0.3 is 0 Å². The van der Waals surface area contributed by atoms with E-state index in [0.717, 1.165) is 43.9 Å². The molecule has 1 fully saturated rings. The van der Waals surface area contributed by atoms with E-state index in [1.54, 1.807) is 12.1 Å². The number of morpholine rings is 1. The van der Waals surface area contributed by atoms with Crippen LogP contribution in [0.5, 0.6) is 5.75 Å². The summed E-state index contributed by atoms with van der Waals surface area (Å²) in [7, 11) is 0. The van der Waals surface area contributed by atoms with Crippen LogP contribution < -0.4 is 4.74 Å². The Morgan fingerprint density at radius 3 is 2.57 bits per heavy atom. The average Bonchev–Trinajstić information content (AvgIpc) is 2.49. The van der Waals surface area contributed by atoms with E-state index >= 15 is 0 Å². The highest BCUT2D eigenvalue weighted by Crippen LogP contribution is 2.18. The smallest absolute Gasteiger partial charge is 0.269 e. The van der Waals surface area contributed by atoms with Crippen molar-refractivity contribution < 1.29 is 18.9 Å². The molecule has 6 nitrogen and oxygen atoms in total. The molecule has 1 aliphatic rings. The lowest BCUT2D eigenvalue weighted by atomic mass is 10.3. The van der Waals surface area contributed by atoms with Gasteiger partial charge in [0.15, 0.2) is 0 Å². The Bertz CT molecular complexity index is 481. The number of hydrogen-bond acceptors (Lipinski definition) is 4. The minimum atomic E-state index is -0.415. The van der Waals surface area contributed by atoms with Gasteiger partial charge in [0, 0.05) is 12.1 Å². The second-order valence-corrected chi connectivity index (χ2v) is 5.20. The van der Waals surface area contributed by atoms with E-state index < -0.39 is 4.92 Å². The molecule has 0 N–H and O–H groups in total. The topological polar surface area (TPSA) is 61.6 Å². The second kappa shape index (κ2) is 7.19. The van der Waals surface area contributed by atoms with Gasteiger partial charge in [0.1, 0.15) is 32.0 Å². The van der Waals surface area contributed by atoms with Gasteiger partial charge in [-0.3, -0.25) is 10.1 Å². The zero-order valence-corrected chi connectivity index (χ0v) is 12.1. The first-order valence-corrected chi connectivity index (χ1v) is 7.06. The molecule has 0 atom stereocenters. The SMILES string of the molecule is C=CC[N+]1(CCOc2ccc([N+](=O)[O-])cc2)CCOCC1. The zero-order chi connectivity index (χ0) is 15.1. The Labute approximate surface area is 124 Å². The number of hydrogen-bond donors (Lipinski definition) is 0. The molecule has 1 heterocycles. The molecule has 0 radical (unpaired) electrons. The predicted octanol–water partition coefficient (Wildman–Crippen LogP) is 2.01. The molecular formula is C15H21N2O4+. The van der Waals surface area contributed by atoms with Crippen molar-refractivity contribution in [3.8, 4) is 5.75 Å². The van der Waals surface area contributed by atoms with E-state index in [0.29, 0.717) is 12.4 Å². The Morgan fingerprint density at radius 2 is 2.00 bits per heavy atom. The van der Waals surface area contributed by atoms with Crippen molar-refractivity contribution in [2.24, 2.45) is 0 Å². The van der Waals surface area contributed by atoms with E-state index in [1.165, 1.54) is 12.1 Å². The van der Waals surface area contributed by atoms with Gasteiger partial charge in [-0.25, -0.2) is 0 Å². The van der Waals surface area contributed by atoms with E-state index in [9.17, 15) is 10.1 Å². The maximum absolute atomic E-state index is 10.6. The summed E-state index contributed by atoms with van der Waals surface area (Å²) in [6.45, 7) is 9.67. The highest BCUT2D eigenvalue weighted by molar-refractivity contribution is 5.35. The monoisotopic (exact) mass is 293 g/mol. The Balaban J connectivity index is 1.86. The van der Waals surface area contributed by atoms with Crippen LogP contribution in [0.4, 0.5) is 5.69 Å². The number of nitro groups is 1. The first-order chi connectivity index (χ1) is 10.2. The largest absolute Gasteiger partial charge is 0.488 e. The molecule has 0 saturated carbocycles. The van der Waals surface area contributed by atoms with Gasteiger partial charge in [0.2, 0.25) is 0 Å². The molecular weight excluding hydrogens is 272 g/mol. The number of non-ortho nitro benzene ring substituents is 1. The molecule has 2 rings (SSSR count). The maximum atomic E-state index is 10.6. The number of rotatable bonds is 7. The standard InChI is InChI=1S/C15H21N2O4/c1-2-7-17(8-11-20-12-9-17)10-13-21-15-5-3-14(4-6-15)16(18)19/h2-6H,1,7-13H2/q+1. The minimum absolute atomic E-state index is 0.0747. The van der Waals surface area contributed by atoms with Crippen LogP contribution in [0.15, 0.2) is 36.9 Å². The van der Waals surface area contributed by atoms with Gasteiger partial charge in [0.05, 0.1) is 24.7 Å². The lowest BCUT2D eigenvalue weighted by Crippen LogP contribution is -2.56. The Kier molecular flexibility index (Phi) is 5.30. The van der Waals surface area contributed by atoms with Gasteiger partial charge in [-0.15, -0.1) is 0 Å². The molecule has 1 aromatic carbocycles. The lowest BCUT2D eigenvalue weighted by molar-refractivity contribution is -0.929. The summed E-state index contributed by atoms with van der Waals surface area (Å²) in [5.74, 6) is 0.658. The van der Waals surface area contributed by atoms with Crippen molar-refractivity contribution in [2.75, 3.05) is 46.0 Å². The predicted molar refractivity (Wildman–Crippen MR) is 79.3 cm³/mol. The van der Waals surface area contributed by atoms with E-state index in [1.807, 2.05) is 6.08 Å². The molecule has 21 heavy (non-hydrogen) atoms. The third-order valence-electron chi connectivity index (χ3n) is 3.82. The van der Waals surface area contributed by atoms with Crippen LogP contribution in [0.25, 0.3) is 0 Å². The Hall–Kier alpha value is -1.92. The van der Waals surface area contributed by atoms with Crippen LogP contribution in [-0.2, 0) is 4.74 Å². The van der Waals surface area contributed by atoms with Crippen molar-refractivity contribution in [3.63, 3.8) is 0 Å². The minimum Gasteiger partial charge on any atom is -0.488 e. The highest BCUT2D eigenvalue weighted by Gasteiger charge is 2.28. The fraction of sp³-hybridized carbons (Fsp3) is 0.467. The Morgan fingerprint density at radius 1 is 1.33 bits per heavy atom. The van der Waals surface area contributed by atoms with E-state index in [2.05, 4.69) is 6.58 Å². The first kappa shape index (κ1) is 15.5. The summed E-state index contributed by atoms with van der Waals surface area (Å²) in [4.78, 5) is 10.2. The summed E-state index contributed by atoms with van der Waals surface area (Å²) in [6.07, 6.45) is 1.94. The van der Waals surface area contributed by atoms with Crippen LogP contribution in [0.3, 0.4) is 0 Å². The van der Waals surface area contributed by atoms with Crippen molar-refractivity contribution in [1.82, 2.24) is 0 Å². The van der Waals surface area contributed by atoms with Crippen LogP contribution in [0, 0.1) is 10.1 Å². The van der Waals surface area contributed by atoms with E-state index in [-0.39, 0.29) is 5.69 Å². The summed E-state index contributed by atoms with van der Waals surface area (Å²) >= 11 is 0. The molecule has 0 aromatic heterocycles. The molecule has 1 saturated heterocycles. The highest BCUT2D eigenvalue weighted by atomic mass is 16.6. The van der Waals surface area contributed by atoms with Crippen LogP contribution >= 0.6 is 0 Å². The summed E-state index contributed by atoms with van der Waals surface area (Å²) < 4.78 is 12.0. The van der Waals surface area contributed by atoms with Crippen molar-refractivity contribution in [3.05, 3.63) is 47.0 Å². The summed E-state index contributed by atoms with van der Waals surface area (Å²) in [6, 6.07) is 6.18. The molecule has 0 amide bonds. The van der Waals surface area contributed by atoms with Gasteiger partial charge in [-0.05, 0) is 18.2 Å². The average molecular weight is 293 g/mol. The number of ether oxygens (including phenoxy) is 2. The van der Waals surface area contributed by atoms with Crippen LogP contribution in [0.1, 0.15) is 0 Å². The fourth-order valence-electron chi connectivity index (χ4n) is 2.52. The molecule has 0 unspecified atom stereocenters. The summed E-state index contributed by atoms with van der Waals surface area (Å²) in [5.41, 5.74) is 0.0747. The fourth-order valence-corrected chi connectivity index (χ4v) is 2.52. The van der Waals surface area contributed by atoms with Gasteiger partial charge in [0.25, 0.3) is 5.69 Å². The third-order valence-corrected chi connectivity index (χ3v) is 3.82.